The number of carbonyl (C=O) groups excluding carboxylic acids is 2. The molecule has 0 saturated heterocycles. The molecular weight excluding hydrogens is 190 g/mol. The smallest absolute Gasteiger partial charge is 0.226 e. The van der Waals surface area contributed by atoms with Crippen LogP contribution in [0.3, 0.4) is 0 Å². The molecule has 0 atom stereocenters. The molecule has 1 saturated carbocycles. The van der Waals surface area contributed by atoms with Crippen molar-refractivity contribution in [3.8, 4) is 0 Å². The summed E-state index contributed by atoms with van der Waals surface area (Å²) in [4.78, 5) is 23.6. The van der Waals surface area contributed by atoms with Gasteiger partial charge in [-0.2, -0.15) is 0 Å². The number of Topliss-reactive ketones (excluding diaryl/α,β-unsaturated/α-hetero) is 1. The summed E-state index contributed by atoms with van der Waals surface area (Å²) in [5, 5.41) is 2.81. The number of amides is 1. The van der Waals surface area contributed by atoms with Crippen LogP contribution in [0.2, 0.25) is 0 Å². The van der Waals surface area contributed by atoms with E-state index in [1.807, 2.05) is 27.7 Å². The number of carbonyl (C=O) groups is 2. The average Bonchev–Trinajstić information content (AvgIpc) is 2.84. The first-order valence-electron chi connectivity index (χ1n) is 5.63. The average molecular weight is 211 g/mol. The van der Waals surface area contributed by atoms with Crippen LogP contribution >= 0.6 is 0 Å². The lowest BCUT2D eigenvalue weighted by Gasteiger charge is -2.20. The summed E-state index contributed by atoms with van der Waals surface area (Å²) in [7, 11) is 0. The molecule has 1 fully saturated rings. The molecule has 1 aliphatic carbocycles. The van der Waals surface area contributed by atoms with Gasteiger partial charge in [0.25, 0.3) is 0 Å². The zero-order valence-corrected chi connectivity index (χ0v) is 10.1. The van der Waals surface area contributed by atoms with E-state index in [1.165, 1.54) is 0 Å². The molecule has 3 nitrogen and oxygen atoms in total. The molecular formula is C12H21NO2. The van der Waals surface area contributed by atoms with E-state index in [1.54, 1.807) is 0 Å². The van der Waals surface area contributed by atoms with Crippen molar-refractivity contribution in [3.63, 3.8) is 0 Å². The fourth-order valence-electron chi connectivity index (χ4n) is 1.56. The van der Waals surface area contributed by atoms with E-state index >= 15 is 0 Å². The molecule has 86 valence electrons. The Morgan fingerprint density at radius 2 is 1.80 bits per heavy atom. The number of rotatable bonds is 4. The van der Waals surface area contributed by atoms with Crippen LogP contribution in [-0.2, 0) is 9.59 Å². The molecule has 1 N–H and O–H groups in total. The second kappa shape index (κ2) is 3.95. The molecule has 1 aliphatic rings. The van der Waals surface area contributed by atoms with Crippen LogP contribution in [0.1, 0.15) is 47.0 Å². The Morgan fingerprint density at radius 3 is 2.13 bits per heavy atom. The van der Waals surface area contributed by atoms with Crippen molar-refractivity contribution in [2.45, 2.75) is 47.0 Å². The van der Waals surface area contributed by atoms with Crippen molar-refractivity contribution in [1.82, 2.24) is 5.32 Å². The van der Waals surface area contributed by atoms with Crippen LogP contribution in [0.15, 0.2) is 0 Å². The molecule has 15 heavy (non-hydrogen) atoms. The van der Waals surface area contributed by atoms with E-state index in [2.05, 4.69) is 5.32 Å². The number of hydrogen-bond donors (Lipinski definition) is 1. The molecule has 0 radical (unpaired) electrons. The summed E-state index contributed by atoms with van der Waals surface area (Å²) in [6.45, 7) is 8.26. The highest BCUT2D eigenvalue weighted by Crippen LogP contribution is 2.50. The second-order valence-corrected chi connectivity index (χ2v) is 5.49. The highest BCUT2D eigenvalue weighted by Gasteiger charge is 2.51. The van der Waals surface area contributed by atoms with Crippen LogP contribution in [0.5, 0.6) is 0 Å². The maximum Gasteiger partial charge on any atom is 0.226 e. The lowest BCUT2D eigenvalue weighted by molar-refractivity contribution is -0.134. The SMILES string of the molecule is CCNC(=O)C1(CC(=O)C(C)(C)C)CC1. The first kappa shape index (κ1) is 12.2. The molecule has 1 rings (SSSR count). The lowest BCUT2D eigenvalue weighted by atomic mass is 9.83. The molecule has 0 aromatic rings. The van der Waals surface area contributed by atoms with Crippen molar-refractivity contribution in [1.29, 1.82) is 0 Å². The Kier molecular flexibility index (Phi) is 3.22. The third-order valence-electron chi connectivity index (χ3n) is 3.01. The topological polar surface area (TPSA) is 46.2 Å². The summed E-state index contributed by atoms with van der Waals surface area (Å²) in [5.41, 5.74) is -0.692. The minimum Gasteiger partial charge on any atom is -0.356 e. The maximum atomic E-state index is 11.8. The van der Waals surface area contributed by atoms with E-state index in [4.69, 9.17) is 0 Å². The van der Waals surface area contributed by atoms with Crippen molar-refractivity contribution < 1.29 is 9.59 Å². The predicted molar refractivity (Wildman–Crippen MR) is 59.4 cm³/mol. The molecule has 0 bridgehead atoms. The van der Waals surface area contributed by atoms with E-state index in [0.29, 0.717) is 13.0 Å². The van der Waals surface area contributed by atoms with Crippen LogP contribution in [0.25, 0.3) is 0 Å². The van der Waals surface area contributed by atoms with Crippen LogP contribution in [-0.4, -0.2) is 18.2 Å². The first-order chi connectivity index (χ1) is 6.82. The van der Waals surface area contributed by atoms with Crippen molar-refractivity contribution in [2.24, 2.45) is 10.8 Å². The number of nitrogens with one attached hydrogen (secondary N) is 1. The Bertz CT molecular complexity index is 272. The quantitative estimate of drug-likeness (QED) is 0.772. The van der Waals surface area contributed by atoms with Gasteiger partial charge in [-0.1, -0.05) is 20.8 Å². The molecule has 0 spiro atoms. The minimum atomic E-state index is -0.361. The van der Waals surface area contributed by atoms with E-state index in [-0.39, 0.29) is 22.5 Å². The van der Waals surface area contributed by atoms with Crippen LogP contribution in [0.4, 0.5) is 0 Å². The standard InChI is InChI=1S/C12H21NO2/c1-5-13-10(15)12(6-7-12)8-9(14)11(2,3)4/h5-8H2,1-4H3,(H,13,15). The predicted octanol–water partition coefficient (Wildman–Crippen LogP) is 1.91. The first-order valence-corrected chi connectivity index (χ1v) is 5.63. The van der Waals surface area contributed by atoms with Gasteiger partial charge < -0.3 is 5.32 Å². The highest BCUT2D eigenvalue weighted by atomic mass is 16.2. The van der Waals surface area contributed by atoms with Gasteiger partial charge in [0.2, 0.25) is 5.91 Å². The van der Waals surface area contributed by atoms with Gasteiger partial charge in [0.05, 0.1) is 5.41 Å². The maximum absolute atomic E-state index is 11.8. The van der Waals surface area contributed by atoms with E-state index in [0.717, 1.165) is 12.8 Å². The van der Waals surface area contributed by atoms with Gasteiger partial charge in [-0.25, -0.2) is 0 Å². The van der Waals surface area contributed by atoms with Gasteiger partial charge in [-0.3, -0.25) is 9.59 Å². The molecule has 0 aromatic carbocycles. The highest BCUT2D eigenvalue weighted by molar-refractivity contribution is 5.93. The largest absolute Gasteiger partial charge is 0.356 e. The molecule has 0 heterocycles. The fourth-order valence-corrected chi connectivity index (χ4v) is 1.56. The summed E-state index contributed by atoms with van der Waals surface area (Å²) in [5.74, 6) is 0.244. The Morgan fingerprint density at radius 1 is 1.27 bits per heavy atom. The zero-order chi connectivity index (χ0) is 11.7. The van der Waals surface area contributed by atoms with Gasteiger partial charge in [0.15, 0.2) is 0 Å². The number of ketones is 1. The van der Waals surface area contributed by atoms with Crippen molar-refractivity contribution in [2.75, 3.05) is 6.54 Å². The van der Waals surface area contributed by atoms with Gasteiger partial charge in [0.1, 0.15) is 5.78 Å². The monoisotopic (exact) mass is 211 g/mol. The van der Waals surface area contributed by atoms with Crippen molar-refractivity contribution >= 4 is 11.7 Å². The van der Waals surface area contributed by atoms with Gasteiger partial charge in [-0.05, 0) is 19.8 Å². The molecule has 1 amide bonds. The summed E-state index contributed by atoms with van der Waals surface area (Å²) in [6, 6.07) is 0. The summed E-state index contributed by atoms with van der Waals surface area (Å²) >= 11 is 0. The number of hydrogen-bond acceptors (Lipinski definition) is 2. The normalized spacial score (nSPS) is 18.4. The van der Waals surface area contributed by atoms with Crippen LogP contribution < -0.4 is 5.32 Å². The zero-order valence-electron chi connectivity index (χ0n) is 10.1. The van der Waals surface area contributed by atoms with E-state index < -0.39 is 0 Å². The van der Waals surface area contributed by atoms with Gasteiger partial charge in [-0.15, -0.1) is 0 Å². The molecule has 0 aliphatic heterocycles. The Labute approximate surface area is 91.6 Å². The molecule has 0 unspecified atom stereocenters. The fraction of sp³-hybridized carbons (Fsp3) is 0.833. The van der Waals surface area contributed by atoms with Gasteiger partial charge >= 0.3 is 0 Å². The minimum absolute atomic E-state index is 0.0580. The Balaban J connectivity index is 2.58. The van der Waals surface area contributed by atoms with Crippen LogP contribution in [0, 0.1) is 10.8 Å². The Hall–Kier alpha value is -0.860. The molecule has 0 aromatic heterocycles. The third kappa shape index (κ3) is 2.80. The summed E-state index contributed by atoms with van der Waals surface area (Å²) in [6.07, 6.45) is 2.13. The molecule has 3 heteroatoms. The van der Waals surface area contributed by atoms with Crippen molar-refractivity contribution in [3.05, 3.63) is 0 Å². The summed E-state index contributed by atoms with van der Waals surface area (Å²) < 4.78 is 0. The third-order valence-corrected chi connectivity index (χ3v) is 3.01. The lowest BCUT2D eigenvalue weighted by Crippen LogP contribution is -2.35. The van der Waals surface area contributed by atoms with E-state index in [9.17, 15) is 9.59 Å². The van der Waals surface area contributed by atoms with Gasteiger partial charge in [0, 0.05) is 18.4 Å². The second-order valence-electron chi connectivity index (χ2n) is 5.49.